The molecule has 0 radical (unpaired) electrons. The van der Waals surface area contributed by atoms with E-state index in [0.29, 0.717) is 0 Å². The van der Waals surface area contributed by atoms with Crippen molar-refractivity contribution in [2.75, 3.05) is 9.80 Å². The van der Waals surface area contributed by atoms with Crippen LogP contribution in [-0.4, -0.2) is 11.3 Å². The van der Waals surface area contributed by atoms with Gasteiger partial charge in [0.05, 0.1) is 33.2 Å². The molecule has 20 rings (SSSR count). The van der Waals surface area contributed by atoms with Crippen LogP contribution in [-0.2, 0) is 5.41 Å². The molecule has 15 aromatic carbocycles. The van der Waals surface area contributed by atoms with Gasteiger partial charge in [0.1, 0.15) is 22.3 Å². The molecule has 0 amide bonds. The highest BCUT2D eigenvalue weighted by Gasteiger charge is 2.46. The van der Waals surface area contributed by atoms with Gasteiger partial charge >= 0.3 is 0 Å². The van der Waals surface area contributed by atoms with E-state index in [1.165, 1.54) is 55.0 Å². The molecule has 2 aliphatic rings. The molecule has 0 aliphatic carbocycles. The van der Waals surface area contributed by atoms with E-state index >= 15 is 0 Å². The van der Waals surface area contributed by atoms with Gasteiger partial charge in [0, 0.05) is 61.1 Å². The zero-order valence-electron chi connectivity index (χ0n) is 55.5. The molecule has 6 heteroatoms. The van der Waals surface area contributed by atoms with Gasteiger partial charge in [0.15, 0.2) is 0 Å². The van der Waals surface area contributed by atoms with E-state index in [9.17, 15) is 0 Å². The Kier molecular flexibility index (Phi) is 12.9. The minimum absolute atomic E-state index is 0.0543. The van der Waals surface area contributed by atoms with Crippen molar-refractivity contribution in [3.05, 3.63) is 339 Å². The van der Waals surface area contributed by atoms with Crippen molar-refractivity contribution in [3.63, 3.8) is 0 Å². The van der Waals surface area contributed by atoms with Crippen LogP contribution in [0, 0.1) is 0 Å². The number of hydrogen-bond donors (Lipinski definition) is 0. The normalized spacial score (nSPS) is 12.7. The molecule has 0 unspecified atom stereocenters. The van der Waals surface area contributed by atoms with E-state index in [2.05, 4.69) is 369 Å². The number of benzene rings is 15. The Balaban J connectivity index is 0.956. The summed E-state index contributed by atoms with van der Waals surface area (Å²) in [6, 6.07) is 123. The van der Waals surface area contributed by atoms with Gasteiger partial charge < -0.3 is 23.2 Å². The molecule has 5 nitrogen and oxygen atoms in total. The van der Waals surface area contributed by atoms with E-state index in [0.717, 1.165) is 139 Å². The Bertz CT molecular complexity index is 6190. The highest BCUT2D eigenvalue weighted by molar-refractivity contribution is 7.00. The molecule has 0 spiro atoms. The van der Waals surface area contributed by atoms with Crippen LogP contribution in [0.1, 0.15) is 26.3 Å². The largest absolute Gasteiger partial charge is 0.456 e. The van der Waals surface area contributed by atoms with Gasteiger partial charge in [0.2, 0.25) is 0 Å². The standard InChI is InChI=1S/C94H64BN3O2/c1-94(2,3)69-42-37-62(38-43-69)68-56-83-91-84(57-68)98(93-72(64-31-17-8-18-32-64)46-52-88-90(93)74-34-20-22-36-86(74)100-88)82-50-44-70(96-79-47-39-65(59-23-9-4-10-24-59)53-75(79)76-54-66(40-48-80(76)96)60-25-11-5-12-26-60)58-78(82)95(91)77-55-67(61-27-13-6-14-28-61)41-49-81(77)97(83)92-71(63-29-15-7-16-30-63)45-51-87-89(92)73-33-19-21-35-85(73)99-87/h4-58H,1-3H3. The summed E-state index contributed by atoms with van der Waals surface area (Å²) in [6.45, 7) is 6.57. The van der Waals surface area contributed by atoms with Crippen molar-refractivity contribution in [2.24, 2.45) is 0 Å². The maximum Gasteiger partial charge on any atom is 0.252 e. The number of nitrogens with zero attached hydrogens (tertiary/aromatic N) is 3. The van der Waals surface area contributed by atoms with Gasteiger partial charge in [-0.3, -0.25) is 0 Å². The predicted molar refractivity (Wildman–Crippen MR) is 421 cm³/mol. The van der Waals surface area contributed by atoms with Crippen molar-refractivity contribution in [2.45, 2.75) is 26.2 Å². The number of rotatable bonds is 9. The van der Waals surface area contributed by atoms with E-state index in [-0.39, 0.29) is 12.1 Å². The van der Waals surface area contributed by atoms with Crippen molar-refractivity contribution < 1.29 is 8.83 Å². The number of para-hydroxylation sites is 2. The van der Waals surface area contributed by atoms with Crippen LogP contribution >= 0.6 is 0 Å². The van der Waals surface area contributed by atoms with Crippen molar-refractivity contribution >= 4 is 123 Å². The monoisotopic (exact) mass is 1280 g/mol. The van der Waals surface area contributed by atoms with Gasteiger partial charge in [-0.05, 0) is 180 Å². The predicted octanol–water partition coefficient (Wildman–Crippen LogP) is 24.0. The van der Waals surface area contributed by atoms with Crippen molar-refractivity contribution in [1.82, 2.24) is 4.57 Å². The van der Waals surface area contributed by atoms with Crippen LogP contribution in [0.2, 0.25) is 0 Å². The molecular formula is C94H64BN3O2. The molecule has 3 aromatic heterocycles. The Morgan fingerprint density at radius 3 is 1.14 bits per heavy atom. The van der Waals surface area contributed by atoms with E-state index < -0.39 is 0 Å². The molecule has 0 N–H and O–H groups in total. The summed E-state index contributed by atoms with van der Waals surface area (Å²) in [5.41, 5.74) is 31.5. The average molecular weight is 1280 g/mol. The van der Waals surface area contributed by atoms with Crippen LogP contribution in [0.3, 0.4) is 0 Å². The van der Waals surface area contributed by atoms with Crippen LogP contribution in [0.15, 0.2) is 342 Å². The summed E-state index contributed by atoms with van der Waals surface area (Å²) in [7, 11) is 0. The molecule has 0 atom stereocenters. The molecule has 0 fully saturated rings. The number of fused-ring (bicyclic) bond motifs is 13. The minimum atomic E-state index is -0.313. The molecule has 470 valence electrons. The molecule has 18 aromatic rings. The zero-order valence-corrected chi connectivity index (χ0v) is 55.5. The lowest BCUT2D eigenvalue weighted by Crippen LogP contribution is -2.61. The van der Waals surface area contributed by atoms with E-state index in [1.54, 1.807) is 0 Å². The number of aromatic nitrogens is 1. The third-order valence-corrected chi connectivity index (χ3v) is 21.1. The van der Waals surface area contributed by atoms with E-state index in [1.807, 2.05) is 0 Å². The fraction of sp³-hybridized carbons (Fsp3) is 0.0426. The lowest BCUT2D eigenvalue weighted by molar-refractivity contribution is 0.590. The fourth-order valence-corrected chi connectivity index (χ4v) is 16.4. The first-order chi connectivity index (χ1) is 49.2. The second kappa shape index (κ2) is 22.5. The first-order valence-corrected chi connectivity index (χ1v) is 34.7. The summed E-state index contributed by atoms with van der Waals surface area (Å²) >= 11 is 0. The molecule has 0 saturated carbocycles. The number of furan rings is 2. The molecule has 5 heterocycles. The number of hydrogen-bond acceptors (Lipinski definition) is 4. The molecular weight excluding hydrogens is 1210 g/mol. The second-order valence-corrected chi connectivity index (χ2v) is 27.9. The van der Waals surface area contributed by atoms with Crippen LogP contribution < -0.4 is 26.2 Å². The quantitative estimate of drug-likeness (QED) is 0.135. The Hall–Kier alpha value is -12.6. The lowest BCUT2D eigenvalue weighted by Gasteiger charge is -2.45. The van der Waals surface area contributed by atoms with Crippen LogP contribution in [0.5, 0.6) is 0 Å². The molecule has 100 heavy (non-hydrogen) atoms. The fourth-order valence-electron chi connectivity index (χ4n) is 16.4. The van der Waals surface area contributed by atoms with E-state index in [4.69, 9.17) is 8.83 Å². The SMILES string of the molecule is CC(C)(C)c1ccc(-c2cc3c4c(c2)N(c2c(-c5ccccc5)ccc5oc6ccccc6c25)c2ccc(-n5c6ccc(-c7ccccc7)cc6c6cc(-c7ccccc7)ccc65)cc2B4c2cc(-c4ccccc4)ccc2N3c2c(-c3ccccc3)ccc3oc4ccccc4c23)cc1. The summed E-state index contributed by atoms with van der Waals surface area (Å²) < 4.78 is 16.6. The Labute approximate surface area is 580 Å². The van der Waals surface area contributed by atoms with Crippen molar-refractivity contribution in [1.29, 1.82) is 0 Å². The zero-order chi connectivity index (χ0) is 66.3. The van der Waals surface area contributed by atoms with Gasteiger partial charge in [-0.1, -0.05) is 257 Å². The van der Waals surface area contributed by atoms with Gasteiger partial charge in [-0.2, -0.15) is 0 Å². The molecule has 2 aliphatic heterocycles. The maximum absolute atomic E-state index is 7.04. The smallest absolute Gasteiger partial charge is 0.252 e. The third kappa shape index (κ3) is 9.03. The molecule has 0 saturated heterocycles. The maximum atomic E-state index is 7.04. The van der Waals surface area contributed by atoms with Gasteiger partial charge in [0.25, 0.3) is 6.71 Å². The first kappa shape index (κ1) is 57.6. The summed E-state index contributed by atoms with van der Waals surface area (Å²) in [4.78, 5) is 5.26. The second-order valence-electron chi connectivity index (χ2n) is 27.9. The Morgan fingerprint density at radius 2 is 0.670 bits per heavy atom. The van der Waals surface area contributed by atoms with Crippen LogP contribution in [0.4, 0.5) is 34.1 Å². The first-order valence-electron chi connectivity index (χ1n) is 34.7. The van der Waals surface area contributed by atoms with Gasteiger partial charge in [-0.15, -0.1) is 0 Å². The van der Waals surface area contributed by atoms with Crippen LogP contribution in [0.25, 0.3) is 138 Å². The minimum Gasteiger partial charge on any atom is -0.456 e. The highest BCUT2D eigenvalue weighted by Crippen LogP contribution is 2.55. The summed E-state index contributed by atoms with van der Waals surface area (Å²) in [6.07, 6.45) is 0. The molecule has 0 bridgehead atoms. The number of anilines is 6. The van der Waals surface area contributed by atoms with Gasteiger partial charge in [-0.25, -0.2) is 0 Å². The third-order valence-electron chi connectivity index (χ3n) is 21.1. The Morgan fingerprint density at radius 1 is 0.280 bits per heavy atom. The highest BCUT2D eigenvalue weighted by atomic mass is 16.3. The lowest BCUT2D eigenvalue weighted by atomic mass is 9.33. The summed E-state index contributed by atoms with van der Waals surface area (Å²) in [5, 5.41) is 6.58. The topological polar surface area (TPSA) is 37.7 Å². The summed E-state index contributed by atoms with van der Waals surface area (Å²) in [5.74, 6) is 0. The van der Waals surface area contributed by atoms with Crippen molar-refractivity contribution in [3.8, 4) is 72.4 Å². The average Bonchev–Trinajstić information content (AvgIpc) is 0.703.